The summed E-state index contributed by atoms with van der Waals surface area (Å²) in [7, 11) is 0. The molecule has 3 N–H and O–H groups in total. The van der Waals surface area contributed by atoms with Gasteiger partial charge in [0.15, 0.2) is 0 Å². The SMILES string of the molecule is Oc1ccc(CNNc2ccc(Oc3ccc(Cl)cc3)cc2)cc1. The number of benzene rings is 3. The van der Waals surface area contributed by atoms with Crippen molar-refractivity contribution in [2.45, 2.75) is 6.54 Å². The maximum atomic E-state index is 9.25. The molecule has 0 amide bonds. The predicted molar refractivity (Wildman–Crippen MR) is 96.5 cm³/mol. The van der Waals surface area contributed by atoms with Crippen molar-refractivity contribution in [2.24, 2.45) is 0 Å². The third-order valence-electron chi connectivity index (χ3n) is 3.37. The van der Waals surface area contributed by atoms with E-state index in [1.54, 1.807) is 24.3 Å². The molecule has 122 valence electrons. The number of anilines is 1. The molecule has 0 aromatic heterocycles. The summed E-state index contributed by atoms with van der Waals surface area (Å²) in [6.07, 6.45) is 0. The second-order valence-corrected chi connectivity index (χ2v) is 5.66. The molecule has 0 aliphatic carbocycles. The van der Waals surface area contributed by atoms with Crippen LogP contribution in [-0.4, -0.2) is 5.11 Å². The van der Waals surface area contributed by atoms with Crippen LogP contribution in [0.5, 0.6) is 17.2 Å². The first-order chi connectivity index (χ1) is 11.7. The zero-order valence-electron chi connectivity index (χ0n) is 12.9. The van der Waals surface area contributed by atoms with Gasteiger partial charge in [0, 0.05) is 17.3 Å². The fraction of sp³-hybridized carbons (Fsp3) is 0.0526. The quantitative estimate of drug-likeness (QED) is 0.555. The molecule has 3 rings (SSSR count). The molecular formula is C19H17ClN2O2. The van der Waals surface area contributed by atoms with Crippen molar-refractivity contribution in [3.63, 3.8) is 0 Å². The fourth-order valence-electron chi connectivity index (χ4n) is 2.11. The van der Waals surface area contributed by atoms with Gasteiger partial charge in [0.1, 0.15) is 17.2 Å². The molecule has 0 aliphatic heterocycles. The summed E-state index contributed by atoms with van der Waals surface area (Å²) in [5, 5.41) is 9.93. The van der Waals surface area contributed by atoms with Crippen LogP contribution in [0.15, 0.2) is 72.8 Å². The van der Waals surface area contributed by atoms with Crippen molar-refractivity contribution < 1.29 is 9.84 Å². The molecule has 0 aliphatic rings. The third kappa shape index (κ3) is 4.65. The van der Waals surface area contributed by atoms with Gasteiger partial charge in [-0.1, -0.05) is 23.7 Å². The average molecular weight is 341 g/mol. The number of rotatable bonds is 6. The molecule has 0 saturated carbocycles. The molecule has 3 aromatic carbocycles. The minimum atomic E-state index is 0.267. The summed E-state index contributed by atoms with van der Waals surface area (Å²) in [6, 6.07) is 21.9. The molecular weight excluding hydrogens is 324 g/mol. The van der Waals surface area contributed by atoms with E-state index in [9.17, 15) is 5.11 Å². The van der Waals surface area contributed by atoms with E-state index in [0.717, 1.165) is 22.7 Å². The third-order valence-corrected chi connectivity index (χ3v) is 3.62. The highest BCUT2D eigenvalue weighted by Crippen LogP contribution is 2.24. The van der Waals surface area contributed by atoms with Gasteiger partial charge in [-0.3, -0.25) is 0 Å². The molecule has 4 nitrogen and oxygen atoms in total. The molecule has 0 fully saturated rings. The lowest BCUT2D eigenvalue weighted by Gasteiger charge is -2.10. The molecule has 0 heterocycles. The molecule has 0 unspecified atom stereocenters. The molecule has 3 aromatic rings. The Hall–Kier alpha value is -2.69. The summed E-state index contributed by atoms with van der Waals surface area (Å²) in [4.78, 5) is 0. The molecule has 0 spiro atoms. The zero-order chi connectivity index (χ0) is 16.8. The Morgan fingerprint density at radius 2 is 1.38 bits per heavy atom. The molecule has 0 radical (unpaired) electrons. The van der Waals surface area contributed by atoms with Gasteiger partial charge in [-0.05, 0) is 66.2 Å². The highest BCUT2D eigenvalue weighted by atomic mass is 35.5. The summed E-state index contributed by atoms with van der Waals surface area (Å²) in [6.45, 7) is 0.642. The largest absolute Gasteiger partial charge is 0.508 e. The number of hydrogen-bond acceptors (Lipinski definition) is 4. The number of nitrogens with one attached hydrogen (secondary N) is 2. The number of phenolic OH excluding ortho intramolecular Hbond substituents is 1. The lowest BCUT2D eigenvalue weighted by atomic mass is 10.2. The van der Waals surface area contributed by atoms with Gasteiger partial charge in [0.25, 0.3) is 0 Å². The summed E-state index contributed by atoms with van der Waals surface area (Å²) < 4.78 is 5.74. The minimum Gasteiger partial charge on any atom is -0.508 e. The van der Waals surface area contributed by atoms with Crippen molar-refractivity contribution >= 4 is 17.3 Å². The van der Waals surface area contributed by atoms with Gasteiger partial charge in [0.05, 0.1) is 0 Å². The van der Waals surface area contributed by atoms with E-state index in [1.807, 2.05) is 48.5 Å². The van der Waals surface area contributed by atoms with Crippen LogP contribution in [0.4, 0.5) is 5.69 Å². The van der Waals surface area contributed by atoms with E-state index < -0.39 is 0 Å². The normalized spacial score (nSPS) is 10.4. The van der Waals surface area contributed by atoms with Gasteiger partial charge in [0.2, 0.25) is 0 Å². The minimum absolute atomic E-state index is 0.267. The van der Waals surface area contributed by atoms with Crippen LogP contribution in [0, 0.1) is 0 Å². The standard InChI is InChI=1S/C19H17ClN2O2/c20-15-3-9-18(10-4-15)24-19-11-5-16(6-12-19)22-21-13-14-1-7-17(23)8-2-14/h1-12,21-23H,13H2. The van der Waals surface area contributed by atoms with E-state index in [4.69, 9.17) is 16.3 Å². The van der Waals surface area contributed by atoms with E-state index in [2.05, 4.69) is 10.9 Å². The second kappa shape index (κ2) is 7.73. The zero-order valence-corrected chi connectivity index (χ0v) is 13.6. The first kappa shape index (κ1) is 16.2. The predicted octanol–water partition coefficient (Wildman–Crippen LogP) is 4.95. The number of hydrogen-bond donors (Lipinski definition) is 3. The molecule has 24 heavy (non-hydrogen) atoms. The van der Waals surface area contributed by atoms with Gasteiger partial charge >= 0.3 is 0 Å². The molecule has 0 bridgehead atoms. The van der Waals surface area contributed by atoms with Crippen LogP contribution in [-0.2, 0) is 6.54 Å². The number of ether oxygens (including phenoxy) is 1. The lowest BCUT2D eigenvalue weighted by Crippen LogP contribution is -2.20. The van der Waals surface area contributed by atoms with Crippen LogP contribution in [0.1, 0.15) is 5.56 Å². The van der Waals surface area contributed by atoms with Crippen molar-refractivity contribution in [3.8, 4) is 17.2 Å². The Kier molecular flexibility index (Phi) is 5.21. The van der Waals surface area contributed by atoms with Crippen LogP contribution in [0.3, 0.4) is 0 Å². The Labute approximate surface area is 145 Å². The average Bonchev–Trinajstić information content (AvgIpc) is 2.60. The first-order valence-corrected chi connectivity index (χ1v) is 7.87. The van der Waals surface area contributed by atoms with Crippen molar-refractivity contribution in [2.75, 3.05) is 5.43 Å². The summed E-state index contributed by atoms with van der Waals surface area (Å²) >= 11 is 5.85. The Morgan fingerprint density at radius 1 is 0.792 bits per heavy atom. The van der Waals surface area contributed by atoms with E-state index in [0.29, 0.717) is 11.6 Å². The van der Waals surface area contributed by atoms with E-state index in [-0.39, 0.29) is 5.75 Å². The van der Waals surface area contributed by atoms with Crippen molar-refractivity contribution in [3.05, 3.63) is 83.4 Å². The topological polar surface area (TPSA) is 53.5 Å². The monoisotopic (exact) mass is 340 g/mol. The lowest BCUT2D eigenvalue weighted by molar-refractivity contribution is 0.475. The van der Waals surface area contributed by atoms with E-state index >= 15 is 0 Å². The Morgan fingerprint density at radius 3 is 2.00 bits per heavy atom. The van der Waals surface area contributed by atoms with Gasteiger partial charge < -0.3 is 15.3 Å². The smallest absolute Gasteiger partial charge is 0.127 e. The highest BCUT2D eigenvalue weighted by Gasteiger charge is 1.99. The van der Waals surface area contributed by atoms with Crippen LogP contribution < -0.4 is 15.6 Å². The van der Waals surface area contributed by atoms with Crippen molar-refractivity contribution in [1.82, 2.24) is 5.43 Å². The maximum Gasteiger partial charge on any atom is 0.127 e. The number of phenols is 1. The van der Waals surface area contributed by atoms with Gasteiger partial charge in [-0.15, -0.1) is 0 Å². The maximum absolute atomic E-state index is 9.25. The molecule has 5 heteroatoms. The number of aromatic hydroxyl groups is 1. The van der Waals surface area contributed by atoms with Crippen LogP contribution in [0.25, 0.3) is 0 Å². The van der Waals surface area contributed by atoms with E-state index in [1.165, 1.54) is 0 Å². The number of hydrazine groups is 1. The molecule has 0 atom stereocenters. The van der Waals surface area contributed by atoms with Gasteiger partial charge in [-0.2, -0.15) is 0 Å². The Balaban J connectivity index is 1.50. The van der Waals surface area contributed by atoms with Crippen LogP contribution >= 0.6 is 11.6 Å². The fourth-order valence-corrected chi connectivity index (χ4v) is 2.23. The first-order valence-electron chi connectivity index (χ1n) is 7.49. The Bertz CT molecular complexity index is 772. The number of halogens is 1. The molecule has 0 saturated heterocycles. The van der Waals surface area contributed by atoms with Crippen LogP contribution in [0.2, 0.25) is 5.02 Å². The summed E-state index contributed by atoms with van der Waals surface area (Å²) in [5.41, 5.74) is 8.25. The van der Waals surface area contributed by atoms with Crippen molar-refractivity contribution in [1.29, 1.82) is 0 Å². The summed E-state index contributed by atoms with van der Waals surface area (Å²) in [5.74, 6) is 1.76. The van der Waals surface area contributed by atoms with Gasteiger partial charge in [-0.25, -0.2) is 5.43 Å². The second-order valence-electron chi connectivity index (χ2n) is 5.23. The highest BCUT2D eigenvalue weighted by molar-refractivity contribution is 6.30.